The zero-order valence-electron chi connectivity index (χ0n) is 26.1. The molecule has 6 heteroatoms. The van der Waals surface area contributed by atoms with E-state index in [9.17, 15) is 0 Å². The molecule has 1 heterocycles. The van der Waals surface area contributed by atoms with Gasteiger partial charge in [0.25, 0.3) is 0 Å². The zero-order chi connectivity index (χ0) is 30.4. The first-order chi connectivity index (χ1) is 20.7. The van der Waals surface area contributed by atoms with E-state index in [-0.39, 0.29) is 0 Å². The first-order valence-electron chi connectivity index (χ1n) is 14.7. The summed E-state index contributed by atoms with van der Waals surface area (Å²) in [6.45, 7) is 9.74. The molecule has 4 nitrogen and oxygen atoms in total. The normalized spacial score (nSPS) is 12.1. The smallest absolute Gasteiger partial charge is 0.119 e. The maximum atomic E-state index is 5.47. The summed E-state index contributed by atoms with van der Waals surface area (Å²) < 4.78 is 18.7. The molecule has 0 spiro atoms. The second-order valence-corrected chi connectivity index (χ2v) is 21.0. The van der Waals surface area contributed by atoms with E-state index in [1.54, 1.807) is 21.3 Å². The van der Waals surface area contributed by atoms with E-state index in [1.165, 1.54) is 42.6 Å². The molecule has 5 aromatic carbocycles. The molecule has 0 aliphatic heterocycles. The van der Waals surface area contributed by atoms with E-state index < -0.39 is 16.1 Å². The molecule has 0 fully saturated rings. The number of benzene rings is 5. The quantitative estimate of drug-likeness (QED) is 0.188. The first kappa shape index (κ1) is 28.8. The summed E-state index contributed by atoms with van der Waals surface area (Å²) >= 11 is 0. The first-order valence-corrected chi connectivity index (χ1v) is 20.7. The van der Waals surface area contributed by atoms with Gasteiger partial charge in [0, 0.05) is 16.5 Å². The van der Waals surface area contributed by atoms with Crippen molar-refractivity contribution < 1.29 is 14.2 Å². The molecule has 0 aliphatic carbocycles. The highest BCUT2D eigenvalue weighted by atomic mass is 28.3. The number of nitrogens with zero attached hydrogens (tertiary/aromatic N) is 1. The van der Waals surface area contributed by atoms with Gasteiger partial charge in [-0.25, -0.2) is 0 Å². The summed E-state index contributed by atoms with van der Waals surface area (Å²) in [7, 11) is 1.20. The van der Waals surface area contributed by atoms with Gasteiger partial charge < -0.3 is 18.8 Å². The lowest BCUT2D eigenvalue weighted by Gasteiger charge is -2.24. The number of aromatic nitrogens is 1. The van der Waals surface area contributed by atoms with Crippen molar-refractivity contribution in [1.82, 2.24) is 4.57 Å². The van der Waals surface area contributed by atoms with Gasteiger partial charge in [0.05, 0.1) is 32.4 Å². The molecule has 0 amide bonds. The zero-order valence-corrected chi connectivity index (χ0v) is 28.1. The molecule has 0 aliphatic rings. The monoisotopic (exact) mass is 601 g/mol. The third-order valence-electron chi connectivity index (χ3n) is 9.16. The van der Waals surface area contributed by atoms with E-state index in [0.717, 1.165) is 22.9 Å². The molecule has 0 saturated carbocycles. The van der Waals surface area contributed by atoms with Gasteiger partial charge in [-0.15, -0.1) is 0 Å². The lowest BCUT2D eigenvalue weighted by Crippen LogP contribution is -2.52. The van der Waals surface area contributed by atoms with Crippen LogP contribution < -0.4 is 35.0 Å². The number of rotatable bonds is 8. The number of hydrogen-bond acceptors (Lipinski definition) is 3. The van der Waals surface area contributed by atoms with E-state index in [2.05, 4.69) is 128 Å². The largest absolute Gasteiger partial charge is 0.497 e. The lowest BCUT2D eigenvalue weighted by atomic mass is 10.1. The van der Waals surface area contributed by atoms with Crippen LogP contribution in [0.15, 0.2) is 109 Å². The summed E-state index contributed by atoms with van der Waals surface area (Å²) in [6, 6.07) is 39.9. The summed E-state index contributed by atoms with van der Waals surface area (Å²) in [4.78, 5) is 0. The highest BCUT2D eigenvalue weighted by Crippen LogP contribution is 2.32. The Hall–Kier alpha value is -4.27. The van der Waals surface area contributed by atoms with Gasteiger partial charge in [0.2, 0.25) is 0 Å². The predicted molar refractivity (Wildman–Crippen MR) is 187 cm³/mol. The number of hydrogen-bond donors (Lipinski definition) is 0. The Morgan fingerprint density at radius 3 is 1.09 bits per heavy atom. The van der Waals surface area contributed by atoms with E-state index in [4.69, 9.17) is 14.2 Å². The lowest BCUT2D eigenvalue weighted by molar-refractivity contribution is 0.414. The van der Waals surface area contributed by atoms with Crippen molar-refractivity contribution in [3.63, 3.8) is 0 Å². The maximum Gasteiger partial charge on any atom is 0.119 e. The number of methoxy groups -OCH3 is 3. The molecule has 218 valence electrons. The molecular weight excluding hydrogens is 563 g/mol. The van der Waals surface area contributed by atoms with Crippen LogP contribution in [0.1, 0.15) is 0 Å². The van der Waals surface area contributed by atoms with Gasteiger partial charge >= 0.3 is 0 Å². The van der Waals surface area contributed by atoms with Gasteiger partial charge in [-0.05, 0) is 60.7 Å². The molecule has 6 rings (SSSR count). The van der Waals surface area contributed by atoms with Gasteiger partial charge in [-0.3, -0.25) is 0 Å². The van der Waals surface area contributed by atoms with Gasteiger partial charge in [0.1, 0.15) is 33.4 Å². The van der Waals surface area contributed by atoms with E-state index in [0.29, 0.717) is 0 Å². The van der Waals surface area contributed by atoms with Crippen LogP contribution in [0.5, 0.6) is 17.2 Å². The van der Waals surface area contributed by atoms with Crippen LogP contribution >= 0.6 is 0 Å². The Morgan fingerprint density at radius 2 is 0.744 bits per heavy atom. The average molecular weight is 602 g/mol. The van der Waals surface area contributed by atoms with Crippen LogP contribution in [-0.4, -0.2) is 42.0 Å². The fourth-order valence-electron chi connectivity index (χ4n) is 6.16. The molecule has 1 aromatic heterocycles. The van der Waals surface area contributed by atoms with Gasteiger partial charge in [-0.1, -0.05) is 95.5 Å². The van der Waals surface area contributed by atoms with Crippen LogP contribution in [-0.2, 0) is 0 Å². The van der Waals surface area contributed by atoms with Crippen molar-refractivity contribution in [1.29, 1.82) is 0 Å². The Morgan fingerprint density at radius 1 is 0.419 bits per heavy atom. The summed E-state index contributed by atoms with van der Waals surface area (Å²) in [5.41, 5.74) is 3.55. The minimum Gasteiger partial charge on any atom is -0.497 e. The fourth-order valence-corrected chi connectivity index (χ4v) is 10.8. The highest BCUT2D eigenvalue weighted by molar-refractivity contribution is 7.01. The molecule has 43 heavy (non-hydrogen) atoms. The van der Waals surface area contributed by atoms with Crippen molar-refractivity contribution in [2.45, 2.75) is 26.2 Å². The minimum atomic E-state index is -1.97. The third-order valence-corrected chi connectivity index (χ3v) is 16.2. The van der Waals surface area contributed by atoms with Crippen LogP contribution in [0.2, 0.25) is 26.2 Å². The van der Waals surface area contributed by atoms with Gasteiger partial charge in [0.15, 0.2) is 0 Å². The van der Waals surface area contributed by atoms with Gasteiger partial charge in [-0.2, -0.15) is 0 Å². The minimum absolute atomic E-state index is 0.855. The number of ether oxygens (including phenoxy) is 3. The highest BCUT2D eigenvalue weighted by Gasteiger charge is 2.29. The Balaban J connectivity index is 1.56. The summed E-state index contributed by atoms with van der Waals surface area (Å²) in [5.74, 6) is 2.64. The molecule has 0 N–H and O–H groups in total. The second-order valence-electron chi connectivity index (χ2n) is 12.2. The van der Waals surface area contributed by atoms with Crippen molar-refractivity contribution in [3.8, 4) is 22.9 Å². The molecule has 0 saturated heterocycles. The molecular formula is C37H39NO3Si2. The summed E-state index contributed by atoms with van der Waals surface area (Å²) in [6.07, 6.45) is 0. The standard InChI is InChI=1S/C37H39NO3Si2/c1-39-27-10-8-26(9-11-27)38-36-22-20-32(42(4,5)30-16-12-28(40-2)13-17-30)24-34(36)35-25-33(21-23-37(35)38)43(6,7)31-18-14-29(41-3)15-19-31/h8-25H,1-7H3. The molecule has 0 bridgehead atoms. The molecule has 0 radical (unpaired) electrons. The third kappa shape index (κ3) is 5.04. The SMILES string of the molecule is COc1ccc(-n2c3ccc([Si](C)(C)c4ccc(OC)cc4)cc3c3cc([Si](C)(C)c4ccc(OC)cc4)ccc32)cc1. The van der Waals surface area contributed by atoms with Crippen LogP contribution in [0.3, 0.4) is 0 Å². The van der Waals surface area contributed by atoms with E-state index in [1.807, 2.05) is 12.1 Å². The molecule has 0 unspecified atom stereocenters. The van der Waals surface area contributed by atoms with Crippen molar-refractivity contribution >= 4 is 58.7 Å². The predicted octanol–water partition coefficient (Wildman–Crippen LogP) is 6.45. The summed E-state index contributed by atoms with van der Waals surface area (Å²) in [5, 5.41) is 8.19. The average Bonchev–Trinajstić information content (AvgIpc) is 3.38. The fraction of sp³-hybridized carbons (Fsp3) is 0.189. The van der Waals surface area contributed by atoms with Crippen LogP contribution in [0.4, 0.5) is 0 Å². The Labute approximate surface area is 256 Å². The van der Waals surface area contributed by atoms with Crippen LogP contribution in [0.25, 0.3) is 27.5 Å². The van der Waals surface area contributed by atoms with Crippen LogP contribution in [0, 0.1) is 0 Å². The van der Waals surface area contributed by atoms with Crippen molar-refractivity contribution in [3.05, 3.63) is 109 Å². The Kier molecular flexibility index (Phi) is 7.44. The van der Waals surface area contributed by atoms with E-state index >= 15 is 0 Å². The maximum absolute atomic E-state index is 5.47. The topological polar surface area (TPSA) is 32.6 Å². The molecule has 6 aromatic rings. The number of fused-ring (bicyclic) bond motifs is 3. The Bertz CT molecular complexity index is 1790. The second kappa shape index (κ2) is 11.1. The van der Waals surface area contributed by atoms with Crippen molar-refractivity contribution in [2.24, 2.45) is 0 Å². The molecule has 0 atom stereocenters. The van der Waals surface area contributed by atoms with Crippen molar-refractivity contribution in [2.75, 3.05) is 21.3 Å².